The Morgan fingerprint density at radius 2 is 2.32 bits per heavy atom. The van der Waals surface area contributed by atoms with Crippen molar-refractivity contribution in [3.8, 4) is 6.07 Å². The highest BCUT2D eigenvalue weighted by atomic mass is 16.6. The van der Waals surface area contributed by atoms with E-state index in [4.69, 9.17) is 4.74 Å². The summed E-state index contributed by atoms with van der Waals surface area (Å²) < 4.78 is 5.41. The van der Waals surface area contributed by atoms with Crippen LogP contribution >= 0.6 is 0 Å². The maximum atomic E-state index is 10.9. The van der Waals surface area contributed by atoms with Crippen LogP contribution in [0.1, 0.15) is 12.5 Å². The molecule has 2 heterocycles. The van der Waals surface area contributed by atoms with Gasteiger partial charge in [-0.1, -0.05) is 0 Å². The fourth-order valence-corrected chi connectivity index (χ4v) is 2.62. The number of morpholine rings is 1. The summed E-state index contributed by atoms with van der Waals surface area (Å²) >= 11 is 0. The van der Waals surface area contributed by atoms with E-state index in [0.29, 0.717) is 42.0 Å². The molecule has 0 amide bonds. The predicted molar refractivity (Wildman–Crippen MR) is 80.7 cm³/mol. The smallest absolute Gasteiger partial charge is 0.270 e. The minimum Gasteiger partial charge on any atom is -0.377 e. The van der Waals surface area contributed by atoms with Crippen molar-refractivity contribution in [2.75, 3.05) is 24.7 Å². The molecule has 1 aromatic carbocycles. The van der Waals surface area contributed by atoms with E-state index in [1.54, 1.807) is 12.1 Å². The average molecular weight is 298 g/mol. The van der Waals surface area contributed by atoms with Crippen molar-refractivity contribution in [3.63, 3.8) is 0 Å². The number of nitro groups is 1. The summed E-state index contributed by atoms with van der Waals surface area (Å²) in [5.74, 6) is 0.703. The van der Waals surface area contributed by atoms with Gasteiger partial charge in [-0.05, 0) is 19.1 Å². The lowest BCUT2D eigenvalue weighted by Gasteiger charge is -2.34. The van der Waals surface area contributed by atoms with Crippen LogP contribution in [0.4, 0.5) is 11.5 Å². The van der Waals surface area contributed by atoms with Crippen molar-refractivity contribution < 1.29 is 9.66 Å². The largest absolute Gasteiger partial charge is 0.377 e. The molecule has 1 atom stereocenters. The summed E-state index contributed by atoms with van der Waals surface area (Å²) in [5, 5.41) is 20.7. The first kappa shape index (κ1) is 14.2. The van der Waals surface area contributed by atoms with Gasteiger partial charge in [0.1, 0.15) is 5.82 Å². The van der Waals surface area contributed by atoms with Crippen molar-refractivity contribution in [1.29, 1.82) is 5.26 Å². The molecule has 1 fully saturated rings. The fraction of sp³-hybridized carbons (Fsp3) is 0.333. The van der Waals surface area contributed by atoms with Crippen LogP contribution in [0.15, 0.2) is 24.3 Å². The quantitative estimate of drug-likeness (QED) is 0.623. The molecule has 3 rings (SSSR count). The van der Waals surface area contributed by atoms with E-state index >= 15 is 0 Å². The van der Waals surface area contributed by atoms with Crippen LogP contribution in [0.2, 0.25) is 0 Å². The van der Waals surface area contributed by atoms with E-state index in [9.17, 15) is 15.4 Å². The van der Waals surface area contributed by atoms with Crippen LogP contribution < -0.4 is 4.90 Å². The second-order valence-electron chi connectivity index (χ2n) is 5.22. The molecule has 2 aromatic rings. The van der Waals surface area contributed by atoms with Crippen LogP contribution in [0.3, 0.4) is 0 Å². The van der Waals surface area contributed by atoms with Gasteiger partial charge in [0, 0.05) is 24.1 Å². The molecule has 0 N–H and O–H groups in total. The highest BCUT2D eigenvalue weighted by molar-refractivity contribution is 5.88. The van der Waals surface area contributed by atoms with Gasteiger partial charge in [-0.3, -0.25) is 10.1 Å². The van der Waals surface area contributed by atoms with Crippen LogP contribution in [0.25, 0.3) is 10.9 Å². The number of nitro benzene ring substituents is 1. The Morgan fingerprint density at radius 1 is 1.50 bits per heavy atom. The molecule has 1 aromatic heterocycles. The van der Waals surface area contributed by atoms with Gasteiger partial charge < -0.3 is 9.64 Å². The molecular formula is C15H14N4O3. The summed E-state index contributed by atoms with van der Waals surface area (Å²) in [6.45, 7) is 3.97. The highest BCUT2D eigenvalue weighted by Gasteiger charge is 2.22. The minimum absolute atomic E-state index is 0.0432. The van der Waals surface area contributed by atoms with E-state index in [-0.39, 0.29) is 11.7 Å². The average Bonchev–Trinajstić information content (AvgIpc) is 2.53. The SMILES string of the molecule is CC1COCCN1c1cc(C#N)c2cc([N+](=O)[O-])ccc2n1. The first-order chi connectivity index (χ1) is 10.6. The number of benzene rings is 1. The molecule has 0 saturated carbocycles. The maximum absolute atomic E-state index is 10.9. The van der Waals surface area contributed by atoms with Crippen LogP contribution in [-0.2, 0) is 4.74 Å². The van der Waals surface area contributed by atoms with Crippen LogP contribution in [-0.4, -0.2) is 35.7 Å². The summed E-state index contributed by atoms with van der Waals surface area (Å²) in [5.41, 5.74) is 0.930. The second-order valence-corrected chi connectivity index (χ2v) is 5.22. The molecule has 0 aliphatic carbocycles. The van der Waals surface area contributed by atoms with Gasteiger partial charge in [-0.15, -0.1) is 0 Å². The number of pyridine rings is 1. The lowest BCUT2D eigenvalue weighted by atomic mass is 10.1. The number of fused-ring (bicyclic) bond motifs is 1. The van der Waals surface area contributed by atoms with E-state index in [0.717, 1.165) is 0 Å². The monoisotopic (exact) mass is 298 g/mol. The summed E-state index contributed by atoms with van der Waals surface area (Å²) in [6.07, 6.45) is 0. The molecule has 1 aliphatic rings. The standard InChI is InChI=1S/C15H14N4O3/c1-10-9-22-5-4-18(10)15-6-11(8-16)13-7-12(19(20)21)2-3-14(13)17-15/h2-3,6-7,10H,4-5,9H2,1H3. The Labute approximate surface area is 126 Å². The van der Waals surface area contributed by atoms with E-state index in [2.05, 4.69) is 16.0 Å². The molecule has 7 heteroatoms. The summed E-state index contributed by atoms with van der Waals surface area (Å²) in [7, 11) is 0. The number of non-ortho nitro benzene ring substituents is 1. The zero-order valence-electron chi connectivity index (χ0n) is 12.0. The highest BCUT2D eigenvalue weighted by Crippen LogP contribution is 2.27. The third-order valence-electron chi connectivity index (χ3n) is 3.77. The van der Waals surface area contributed by atoms with Gasteiger partial charge in [0.2, 0.25) is 0 Å². The Kier molecular flexibility index (Phi) is 3.61. The predicted octanol–water partition coefficient (Wildman–Crippen LogP) is 2.24. The van der Waals surface area contributed by atoms with E-state index < -0.39 is 4.92 Å². The summed E-state index contributed by atoms with van der Waals surface area (Å²) in [6, 6.07) is 8.36. The van der Waals surface area contributed by atoms with Crippen molar-refractivity contribution in [2.45, 2.75) is 13.0 Å². The molecule has 0 radical (unpaired) electrons. The molecule has 22 heavy (non-hydrogen) atoms. The van der Waals surface area contributed by atoms with E-state index in [1.165, 1.54) is 12.1 Å². The third kappa shape index (κ3) is 2.44. The van der Waals surface area contributed by atoms with Crippen LogP contribution in [0.5, 0.6) is 0 Å². The van der Waals surface area contributed by atoms with Gasteiger partial charge in [-0.25, -0.2) is 4.98 Å². The number of hydrogen-bond donors (Lipinski definition) is 0. The zero-order valence-corrected chi connectivity index (χ0v) is 12.0. The van der Waals surface area contributed by atoms with Gasteiger partial charge in [0.05, 0.1) is 41.3 Å². The van der Waals surface area contributed by atoms with Gasteiger partial charge in [-0.2, -0.15) is 5.26 Å². The Morgan fingerprint density at radius 3 is 3.00 bits per heavy atom. The van der Waals surface area contributed by atoms with Crippen molar-refractivity contribution in [2.24, 2.45) is 0 Å². The Bertz CT molecular complexity index is 784. The molecular weight excluding hydrogens is 284 g/mol. The number of hydrogen-bond acceptors (Lipinski definition) is 6. The molecule has 7 nitrogen and oxygen atoms in total. The zero-order chi connectivity index (χ0) is 15.7. The Balaban J connectivity index is 2.13. The van der Waals surface area contributed by atoms with Crippen molar-refractivity contribution in [3.05, 3.63) is 39.9 Å². The maximum Gasteiger partial charge on any atom is 0.270 e. The number of aromatic nitrogens is 1. The number of ether oxygens (including phenoxy) is 1. The van der Waals surface area contributed by atoms with Gasteiger partial charge >= 0.3 is 0 Å². The van der Waals surface area contributed by atoms with Gasteiger partial charge in [0.25, 0.3) is 5.69 Å². The lowest BCUT2D eigenvalue weighted by Crippen LogP contribution is -2.44. The van der Waals surface area contributed by atoms with Crippen LogP contribution in [0, 0.1) is 21.4 Å². The first-order valence-corrected chi connectivity index (χ1v) is 6.94. The van der Waals surface area contributed by atoms with E-state index in [1.807, 2.05) is 6.92 Å². The number of nitriles is 1. The number of nitrogens with zero attached hydrogens (tertiary/aromatic N) is 4. The van der Waals surface area contributed by atoms with Gasteiger partial charge in [0.15, 0.2) is 0 Å². The molecule has 0 spiro atoms. The molecule has 0 bridgehead atoms. The molecule has 1 aliphatic heterocycles. The van der Waals surface area contributed by atoms with Crippen molar-refractivity contribution in [1.82, 2.24) is 4.98 Å². The lowest BCUT2D eigenvalue weighted by molar-refractivity contribution is -0.384. The number of rotatable bonds is 2. The topological polar surface area (TPSA) is 92.3 Å². The molecule has 1 saturated heterocycles. The normalized spacial score (nSPS) is 18.2. The second kappa shape index (κ2) is 5.58. The third-order valence-corrected chi connectivity index (χ3v) is 3.77. The number of anilines is 1. The van der Waals surface area contributed by atoms with Crippen molar-refractivity contribution >= 4 is 22.4 Å². The minimum atomic E-state index is -0.474. The molecule has 1 unspecified atom stereocenters. The first-order valence-electron chi connectivity index (χ1n) is 6.94. The Hall–Kier alpha value is -2.72. The molecule has 112 valence electrons. The summed E-state index contributed by atoms with van der Waals surface area (Å²) in [4.78, 5) is 17.1. The fourth-order valence-electron chi connectivity index (χ4n) is 2.62.